The number of benzene rings is 1. The fraction of sp³-hybridized carbons (Fsp3) is 0.385. The van der Waals surface area contributed by atoms with Gasteiger partial charge >= 0.3 is 5.97 Å². The first-order chi connectivity index (χ1) is 9.35. The van der Waals surface area contributed by atoms with E-state index in [0.29, 0.717) is 5.69 Å². The number of hydrogen-bond acceptors (Lipinski definition) is 4. The second-order valence-electron chi connectivity index (χ2n) is 4.42. The number of amides is 1. The minimum Gasteiger partial charge on any atom is -0.496 e. The first-order valence-electron chi connectivity index (χ1n) is 5.99. The number of ether oxygens (including phenoxy) is 1. The first-order valence-corrected chi connectivity index (χ1v) is 6.37. The van der Waals surface area contributed by atoms with Crippen LogP contribution in [0.25, 0.3) is 0 Å². The third-order valence-electron chi connectivity index (χ3n) is 2.46. The summed E-state index contributed by atoms with van der Waals surface area (Å²) in [5.41, 5.74) is 0.250. The minimum atomic E-state index is -1.15. The molecule has 0 aromatic heterocycles. The number of anilines is 1. The van der Waals surface area contributed by atoms with Crippen LogP contribution in [0.15, 0.2) is 12.1 Å². The van der Waals surface area contributed by atoms with Gasteiger partial charge in [-0.15, -0.1) is 0 Å². The van der Waals surface area contributed by atoms with Gasteiger partial charge in [0.1, 0.15) is 11.3 Å². The van der Waals surface area contributed by atoms with Gasteiger partial charge in [0.2, 0.25) is 5.91 Å². The zero-order chi connectivity index (χ0) is 15.3. The number of aromatic carboxylic acids is 1. The summed E-state index contributed by atoms with van der Waals surface area (Å²) in [5, 5.41) is 14.7. The van der Waals surface area contributed by atoms with Gasteiger partial charge in [0, 0.05) is 12.1 Å². The molecule has 0 atom stereocenters. The molecule has 0 radical (unpaired) electrons. The number of halogens is 1. The van der Waals surface area contributed by atoms with Crippen LogP contribution in [0.1, 0.15) is 24.2 Å². The Hall–Kier alpha value is -1.79. The topological polar surface area (TPSA) is 87.7 Å². The number of nitrogens with one attached hydrogen (secondary N) is 2. The maximum Gasteiger partial charge on any atom is 0.339 e. The number of carboxylic acid groups (broad SMARTS) is 1. The number of carbonyl (C=O) groups excluding carboxylic acids is 1. The molecule has 0 bridgehead atoms. The number of hydrogen-bond donors (Lipinski definition) is 3. The Labute approximate surface area is 122 Å². The number of methoxy groups -OCH3 is 1. The third kappa shape index (κ3) is 4.40. The smallest absolute Gasteiger partial charge is 0.339 e. The van der Waals surface area contributed by atoms with Crippen molar-refractivity contribution < 1.29 is 19.4 Å². The lowest BCUT2D eigenvalue weighted by atomic mass is 10.1. The molecule has 0 unspecified atom stereocenters. The lowest BCUT2D eigenvalue weighted by Crippen LogP contribution is -2.32. The van der Waals surface area contributed by atoms with Crippen LogP contribution in [-0.2, 0) is 4.79 Å². The monoisotopic (exact) mass is 300 g/mol. The highest BCUT2D eigenvalue weighted by atomic mass is 35.5. The average molecular weight is 301 g/mol. The van der Waals surface area contributed by atoms with Crippen molar-refractivity contribution in [2.45, 2.75) is 19.9 Å². The molecule has 20 heavy (non-hydrogen) atoms. The van der Waals surface area contributed by atoms with Gasteiger partial charge in [0.15, 0.2) is 0 Å². The lowest BCUT2D eigenvalue weighted by Gasteiger charge is -2.12. The quantitative estimate of drug-likeness (QED) is 0.748. The summed E-state index contributed by atoms with van der Waals surface area (Å²) in [4.78, 5) is 22.7. The van der Waals surface area contributed by atoms with Gasteiger partial charge in [-0.25, -0.2) is 4.79 Å². The van der Waals surface area contributed by atoms with Crippen molar-refractivity contribution in [3.63, 3.8) is 0 Å². The lowest BCUT2D eigenvalue weighted by molar-refractivity contribution is -0.115. The molecule has 0 saturated heterocycles. The number of carboxylic acids is 1. The molecule has 0 aliphatic heterocycles. The van der Waals surface area contributed by atoms with Gasteiger partial charge in [-0.3, -0.25) is 4.79 Å². The van der Waals surface area contributed by atoms with Crippen LogP contribution in [0.4, 0.5) is 5.69 Å². The van der Waals surface area contributed by atoms with Gasteiger partial charge in [-0.2, -0.15) is 0 Å². The predicted molar refractivity (Wildman–Crippen MR) is 76.7 cm³/mol. The van der Waals surface area contributed by atoms with Gasteiger partial charge in [-0.05, 0) is 6.07 Å². The highest BCUT2D eigenvalue weighted by Gasteiger charge is 2.16. The Morgan fingerprint density at radius 3 is 2.55 bits per heavy atom. The maximum absolute atomic E-state index is 11.7. The summed E-state index contributed by atoms with van der Waals surface area (Å²) >= 11 is 5.96. The van der Waals surface area contributed by atoms with Crippen LogP contribution < -0.4 is 15.4 Å². The van der Waals surface area contributed by atoms with E-state index < -0.39 is 5.97 Å². The van der Waals surface area contributed by atoms with Gasteiger partial charge in [-0.1, -0.05) is 25.4 Å². The van der Waals surface area contributed by atoms with E-state index in [1.807, 2.05) is 13.8 Å². The molecule has 1 rings (SSSR count). The van der Waals surface area contributed by atoms with E-state index in [9.17, 15) is 9.59 Å². The van der Waals surface area contributed by atoms with E-state index >= 15 is 0 Å². The Bertz CT molecular complexity index is 517. The molecule has 0 aliphatic carbocycles. The molecule has 1 aromatic carbocycles. The van der Waals surface area contributed by atoms with Crippen LogP contribution in [-0.4, -0.2) is 36.7 Å². The molecule has 0 aliphatic rings. The Morgan fingerprint density at radius 1 is 1.40 bits per heavy atom. The van der Waals surface area contributed by atoms with E-state index in [-0.39, 0.29) is 34.8 Å². The average Bonchev–Trinajstić information content (AvgIpc) is 2.38. The van der Waals surface area contributed by atoms with Crippen LogP contribution >= 0.6 is 11.6 Å². The summed E-state index contributed by atoms with van der Waals surface area (Å²) in [6.45, 7) is 3.98. The summed E-state index contributed by atoms with van der Waals surface area (Å²) in [6, 6.07) is 2.81. The minimum absolute atomic E-state index is 0.0594. The van der Waals surface area contributed by atoms with Crippen molar-refractivity contribution >= 4 is 29.2 Å². The predicted octanol–water partition coefficient (Wildman–Crippen LogP) is 1.98. The molecule has 0 fully saturated rings. The molecular formula is C13H17ClN2O4. The van der Waals surface area contributed by atoms with E-state index in [1.54, 1.807) is 0 Å². The fourth-order valence-electron chi connectivity index (χ4n) is 1.48. The second kappa shape index (κ2) is 7.12. The first kappa shape index (κ1) is 16.3. The molecule has 1 amide bonds. The maximum atomic E-state index is 11.7. The number of carbonyl (C=O) groups is 2. The van der Waals surface area contributed by atoms with E-state index in [2.05, 4.69) is 10.6 Å². The fourth-order valence-corrected chi connectivity index (χ4v) is 1.69. The normalized spacial score (nSPS) is 10.4. The van der Waals surface area contributed by atoms with Crippen molar-refractivity contribution in [2.24, 2.45) is 0 Å². The highest BCUT2D eigenvalue weighted by molar-refractivity contribution is 6.34. The zero-order valence-electron chi connectivity index (χ0n) is 11.5. The zero-order valence-corrected chi connectivity index (χ0v) is 12.2. The largest absolute Gasteiger partial charge is 0.496 e. The summed E-state index contributed by atoms with van der Waals surface area (Å²) in [6.07, 6.45) is 0. The van der Waals surface area contributed by atoms with E-state index in [1.165, 1.54) is 19.2 Å². The van der Waals surface area contributed by atoms with Gasteiger partial charge in [0.05, 0.1) is 24.4 Å². The summed E-state index contributed by atoms with van der Waals surface area (Å²) < 4.78 is 4.98. The van der Waals surface area contributed by atoms with Crippen LogP contribution in [0.5, 0.6) is 5.75 Å². The van der Waals surface area contributed by atoms with Crippen molar-refractivity contribution in [1.82, 2.24) is 5.32 Å². The summed E-state index contributed by atoms with van der Waals surface area (Å²) in [5.74, 6) is -1.29. The molecule has 0 saturated carbocycles. The second-order valence-corrected chi connectivity index (χ2v) is 4.83. The molecule has 0 spiro atoms. The molecule has 110 valence electrons. The van der Waals surface area contributed by atoms with Crippen LogP contribution in [0.2, 0.25) is 5.02 Å². The van der Waals surface area contributed by atoms with Crippen molar-refractivity contribution in [3.05, 3.63) is 22.7 Å². The van der Waals surface area contributed by atoms with Crippen molar-refractivity contribution in [2.75, 3.05) is 19.0 Å². The molecule has 3 N–H and O–H groups in total. The van der Waals surface area contributed by atoms with Gasteiger partial charge < -0.3 is 20.5 Å². The molecule has 6 nitrogen and oxygen atoms in total. The van der Waals surface area contributed by atoms with Crippen molar-refractivity contribution in [1.29, 1.82) is 0 Å². The molecule has 1 aromatic rings. The molecule has 7 heteroatoms. The highest BCUT2D eigenvalue weighted by Crippen LogP contribution is 2.30. The molecule has 0 heterocycles. The SMILES string of the molecule is COc1cc(NC(=O)CNC(C)C)c(Cl)cc1C(=O)O. The standard InChI is InChI=1S/C13H17ClN2O4/c1-7(2)15-6-12(17)16-10-5-11(20-3)8(13(18)19)4-9(10)14/h4-5,7,15H,6H2,1-3H3,(H,16,17)(H,18,19). The van der Waals surface area contributed by atoms with Crippen LogP contribution in [0.3, 0.4) is 0 Å². The third-order valence-corrected chi connectivity index (χ3v) is 2.78. The Morgan fingerprint density at radius 2 is 2.05 bits per heavy atom. The summed E-state index contributed by atoms with van der Waals surface area (Å²) in [7, 11) is 1.35. The van der Waals surface area contributed by atoms with Crippen LogP contribution in [0, 0.1) is 0 Å². The van der Waals surface area contributed by atoms with Gasteiger partial charge in [0.25, 0.3) is 0 Å². The van der Waals surface area contributed by atoms with E-state index in [0.717, 1.165) is 0 Å². The number of rotatable bonds is 6. The Kier molecular flexibility index (Phi) is 5.79. The van der Waals surface area contributed by atoms with Crippen molar-refractivity contribution in [3.8, 4) is 5.75 Å². The Balaban J connectivity index is 2.91. The van der Waals surface area contributed by atoms with E-state index in [4.69, 9.17) is 21.4 Å². The molecular weight excluding hydrogens is 284 g/mol.